The summed E-state index contributed by atoms with van der Waals surface area (Å²) in [7, 11) is 0. The van der Waals surface area contributed by atoms with Crippen LogP contribution in [0.25, 0.3) is 0 Å². The van der Waals surface area contributed by atoms with Crippen molar-refractivity contribution in [1.29, 1.82) is 0 Å². The van der Waals surface area contributed by atoms with Gasteiger partial charge in [-0.05, 0) is 68.8 Å². The Bertz CT molecular complexity index is 470. The molecule has 0 aromatic heterocycles. The lowest BCUT2D eigenvalue weighted by atomic mass is 9.88. The topological polar surface area (TPSA) is 29.3 Å². The third kappa shape index (κ3) is 2.75. The summed E-state index contributed by atoms with van der Waals surface area (Å²) in [4.78, 5) is 2.61. The van der Waals surface area contributed by atoms with Crippen molar-refractivity contribution in [3.05, 3.63) is 35.1 Å². The van der Waals surface area contributed by atoms with Crippen molar-refractivity contribution in [2.45, 2.75) is 51.1 Å². The Morgan fingerprint density at radius 1 is 1.25 bits per heavy atom. The average molecular weight is 276 g/mol. The Balaban J connectivity index is 1.95. The van der Waals surface area contributed by atoms with Gasteiger partial charge in [0.25, 0.3) is 0 Å². The predicted molar refractivity (Wildman–Crippen MR) is 80.0 cm³/mol. The molecule has 20 heavy (non-hydrogen) atoms. The van der Waals surface area contributed by atoms with E-state index in [-0.39, 0.29) is 5.82 Å². The summed E-state index contributed by atoms with van der Waals surface area (Å²) in [5, 5.41) is 0. The molecule has 1 aromatic rings. The zero-order chi connectivity index (χ0) is 14.1. The lowest BCUT2D eigenvalue weighted by molar-refractivity contribution is 0.149. The van der Waals surface area contributed by atoms with Gasteiger partial charge in [0.2, 0.25) is 0 Å². The highest BCUT2D eigenvalue weighted by Crippen LogP contribution is 2.41. The Kier molecular flexibility index (Phi) is 4.08. The fraction of sp³-hybridized carbons (Fsp3) is 0.647. The van der Waals surface area contributed by atoms with E-state index >= 15 is 0 Å². The van der Waals surface area contributed by atoms with Crippen LogP contribution in [0.2, 0.25) is 0 Å². The first-order chi connectivity index (χ1) is 9.70. The molecule has 1 heterocycles. The maximum absolute atomic E-state index is 14.0. The Morgan fingerprint density at radius 3 is 2.70 bits per heavy atom. The van der Waals surface area contributed by atoms with Gasteiger partial charge in [-0.25, -0.2) is 4.39 Å². The second kappa shape index (κ2) is 5.82. The third-order valence-electron chi connectivity index (χ3n) is 4.90. The fourth-order valence-corrected chi connectivity index (χ4v) is 3.59. The van der Waals surface area contributed by atoms with Crippen molar-refractivity contribution in [2.24, 2.45) is 11.7 Å². The summed E-state index contributed by atoms with van der Waals surface area (Å²) in [5.41, 5.74) is 7.88. The molecule has 0 bridgehead atoms. The number of benzene rings is 1. The second-order valence-electron chi connectivity index (χ2n) is 6.41. The fourth-order valence-electron chi connectivity index (χ4n) is 3.59. The van der Waals surface area contributed by atoms with E-state index in [9.17, 15) is 4.39 Å². The number of halogens is 1. The van der Waals surface area contributed by atoms with Crippen LogP contribution in [0.4, 0.5) is 4.39 Å². The van der Waals surface area contributed by atoms with E-state index in [2.05, 4.69) is 11.0 Å². The summed E-state index contributed by atoms with van der Waals surface area (Å²) in [6.07, 6.45) is 6.25. The molecule has 1 aliphatic heterocycles. The van der Waals surface area contributed by atoms with Gasteiger partial charge in [-0.1, -0.05) is 18.6 Å². The minimum Gasteiger partial charge on any atom is -0.330 e. The van der Waals surface area contributed by atoms with Crippen LogP contribution in [0.3, 0.4) is 0 Å². The van der Waals surface area contributed by atoms with Gasteiger partial charge in [0.15, 0.2) is 0 Å². The lowest BCUT2D eigenvalue weighted by Gasteiger charge is -2.35. The van der Waals surface area contributed by atoms with E-state index in [0.717, 1.165) is 17.7 Å². The average Bonchev–Trinajstić information content (AvgIpc) is 3.26. The number of hydrogen-bond donors (Lipinski definition) is 1. The van der Waals surface area contributed by atoms with E-state index in [0.29, 0.717) is 24.5 Å². The first-order valence-electron chi connectivity index (χ1n) is 7.92. The van der Waals surface area contributed by atoms with Crippen molar-refractivity contribution < 1.29 is 4.39 Å². The van der Waals surface area contributed by atoms with E-state index in [1.54, 1.807) is 6.07 Å². The van der Waals surface area contributed by atoms with Crippen LogP contribution in [0.1, 0.15) is 49.3 Å². The van der Waals surface area contributed by atoms with Crippen molar-refractivity contribution in [1.82, 2.24) is 4.90 Å². The molecule has 0 amide bonds. The number of nitrogens with zero attached hydrogens (tertiary/aromatic N) is 1. The van der Waals surface area contributed by atoms with Crippen LogP contribution < -0.4 is 5.73 Å². The van der Waals surface area contributed by atoms with E-state index in [1.807, 2.05) is 13.0 Å². The molecule has 0 spiro atoms. The highest BCUT2D eigenvalue weighted by molar-refractivity contribution is 5.27. The van der Waals surface area contributed by atoms with Crippen molar-refractivity contribution >= 4 is 0 Å². The zero-order valence-corrected chi connectivity index (χ0v) is 12.3. The van der Waals surface area contributed by atoms with Crippen LogP contribution >= 0.6 is 0 Å². The normalized spacial score (nSPS) is 28.4. The number of likely N-dealkylation sites (tertiary alicyclic amines) is 1. The summed E-state index contributed by atoms with van der Waals surface area (Å²) < 4.78 is 14.0. The second-order valence-corrected chi connectivity index (χ2v) is 6.41. The van der Waals surface area contributed by atoms with Gasteiger partial charge in [0, 0.05) is 12.1 Å². The molecule has 2 unspecified atom stereocenters. The number of aryl methyl sites for hydroxylation is 1. The van der Waals surface area contributed by atoms with Crippen LogP contribution in [0.15, 0.2) is 18.2 Å². The minimum absolute atomic E-state index is 0.0849. The Morgan fingerprint density at radius 2 is 2.05 bits per heavy atom. The molecule has 110 valence electrons. The van der Waals surface area contributed by atoms with Gasteiger partial charge in [0.05, 0.1) is 0 Å². The molecule has 2 N–H and O–H groups in total. The zero-order valence-electron chi connectivity index (χ0n) is 12.3. The van der Waals surface area contributed by atoms with E-state index in [1.165, 1.54) is 32.1 Å². The smallest absolute Gasteiger partial charge is 0.126 e. The van der Waals surface area contributed by atoms with Gasteiger partial charge in [0.1, 0.15) is 5.82 Å². The first-order valence-corrected chi connectivity index (χ1v) is 7.92. The summed E-state index contributed by atoms with van der Waals surface area (Å²) >= 11 is 0. The van der Waals surface area contributed by atoms with Crippen molar-refractivity contribution in [2.75, 3.05) is 13.1 Å². The number of nitrogens with two attached hydrogens (primary N) is 1. The molecule has 3 heteroatoms. The molecule has 2 fully saturated rings. The van der Waals surface area contributed by atoms with Crippen LogP contribution in [0, 0.1) is 18.7 Å². The van der Waals surface area contributed by atoms with E-state index < -0.39 is 0 Å². The third-order valence-corrected chi connectivity index (χ3v) is 4.90. The molecule has 3 rings (SSSR count). The monoisotopic (exact) mass is 276 g/mol. The molecule has 1 saturated carbocycles. The van der Waals surface area contributed by atoms with Gasteiger partial charge >= 0.3 is 0 Å². The van der Waals surface area contributed by atoms with Crippen LogP contribution in [-0.2, 0) is 0 Å². The Hall–Kier alpha value is -0.930. The molecule has 1 aromatic carbocycles. The highest BCUT2D eigenvalue weighted by Gasteiger charge is 2.38. The van der Waals surface area contributed by atoms with Crippen molar-refractivity contribution in [3.8, 4) is 0 Å². The quantitative estimate of drug-likeness (QED) is 0.917. The Labute approximate surface area is 121 Å². The summed E-state index contributed by atoms with van der Waals surface area (Å²) in [6, 6.07) is 6.77. The van der Waals surface area contributed by atoms with Crippen LogP contribution in [-0.4, -0.2) is 24.0 Å². The van der Waals surface area contributed by atoms with Gasteiger partial charge in [-0.2, -0.15) is 0 Å². The van der Waals surface area contributed by atoms with Gasteiger partial charge in [-0.15, -0.1) is 0 Å². The van der Waals surface area contributed by atoms with Crippen molar-refractivity contribution in [3.63, 3.8) is 0 Å². The summed E-state index contributed by atoms with van der Waals surface area (Å²) in [5.74, 6) is 0.374. The van der Waals surface area contributed by atoms with Gasteiger partial charge in [-0.3, -0.25) is 4.90 Å². The summed E-state index contributed by atoms with van der Waals surface area (Å²) in [6.45, 7) is 3.66. The number of hydrogen-bond acceptors (Lipinski definition) is 2. The standard InChI is InChI=1S/C17H25FN2/c1-12-5-6-13(10-16(12)18)17-14(11-19)4-2-3-9-20(17)15-7-8-15/h5-6,10,14-15,17H,2-4,7-9,11,19H2,1H3. The molecule has 1 saturated heterocycles. The molecule has 2 aliphatic rings. The first kappa shape index (κ1) is 14.0. The number of rotatable bonds is 3. The predicted octanol–water partition coefficient (Wildman–Crippen LogP) is 3.40. The molecular formula is C17H25FN2. The van der Waals surface area contributed by atoms with Crippen LogP contribution in [0.5, 0.6) is 0 Å². The molecule has 1 aliphatic carbocycles. The lowest BCUT2D eigenvalue weighted by Crippen LogP contribution is -2.37. The molecule has 0 radical (unpaired) electrons. The largest absolute Gasteiger partial charge is 0.330 e. The van der Waals surface area contributed by atoms with Gasteiger partial charge < -0.3 is 5.73 Å². The maximum atomic E-state index is 14.0. The SMILES string of the molecule is Cc1ccc(C2C(CN)CCCCN2C2CC2)cc1F. The molecular weight excluding hydrogens is 251 g/mol. The maximum Gasteiger partial charge on any atom is 0.126 e. The highest BCUT2D eigenvalue weighted by atomic mass is 19.1. The molecule has 2 atom stereocenters. The minimum atomic E-state index is -0.0849. The van der Waals surface area contributed by atoms with E-state index in [4.69, 9.17) is 5.73 Å². The molecule has 2 nitrogen and oxygen atoms in total.